The maximum atomic E-state index is 4.71. The molecule has 2 fully saturated rings. The number of rotatable bonds is 4. The van der Waals surface area contributed by atoms with Crippen LogP contribution in [0.5, 0.6) is 0 Å². The number of hydrogen-bond donors (Lipinski definition) is 1. The fourth-order valence-electron chi connectivity index (χ4n) is 4.99. The molecular formula is C17H24N2. The van der Waals surface area contributed by atoms with Crippen molar-refractivity contribution in [2.75, 3.05) is 6.54 Å². The largest absolute Gasteiger partial charge is 0.313 e. The molecule has 2 saturated carbocycles. The second-order valence-electron chi connectivity index (χ2n) is 6.61. The molecule has 102 valence electrons. The second-order valence-corrected chi connectivity index (χ2v) is 6.61. The van der Waals surface area contributed by atoms with E-state index in [-0.39, 0.29) is 0 Å². The Hall–Kier alpha value is -0.890. The van der Waals surface area contributed by atoms with Crippen molar-refractivity contribution >= 4 is 0 Å². The number of pyridine rings is 1. The van der Waals surface area contributed by atoms with Gasteiger partial charge in [-0.15, -0.1) is 0 Å². The average Bonchev–Trinajstić information content (AvgIpc) is 2.84. The highest BCUT2D eigenvalue weighted by Crippen LogP contribution is 2.61. The molecular weight excluding hydrogens is 232 g/mol. The van der Waals surface area contributed by atoms with Crippen LogP contribution in [0.1, 0.15) is 49.8 Å². The molecule has 4 rings (SSSR count). The van der Waals surface area contributed by atoms with Gasteiger partial charge in [0.25, 0.3) is 0 Å². The third kappa shape index (κ3) is 1.84. The number of nitrogens with one attached hydrogen (secondary N) is 1. The zero-order valence-corrected chi connectivity index (χ0v) is 11.8. The maximum Gasteiger partial charge on any atom is 0.0482 e. The first-order chi connectivity index (χ1) is 9.40. The standard InChI is InChI=1S/C17H24N2/c1-2-18-17(15-12-6-3-7-13(12)15)14-9-8-11-5-4-10-19-16(11)14/h4-5,10,12-15,17-18H,2-3,6-9H2,1H3. The van der Waals surface area contributed by atoms with Crippen LogP contribution < -0.4 is 5.32 Å². The Morgan fingerprint density at radius 3 is 2.95 bits per heavy atom. The van der Waals surface area contributed by atoms with E-state index in [1.807, 2.05) is 6.20 Å². The normalized spacial score (nSPS) is 36.9. The molecule has 0 aliphatic heterocycles. The van der Waals surface area contributed by atoms with Crippen molar-refractivity contribution < 1.29 is 0 Å². The third-order valence-electron chi connectivity index (χ3n) is 5.76. The van der Waals surface area contributed by atoms with E-state index < -0.39 is 0 Å². The van der Waals surface area contributed by atoms with Gasteiger partial charge in [-0.2, -0.15) is 0 Å². The number of likely N-dealkylation sites (N-methyl/N-ethyl adjacent to an activating group) is 1. The number of aromatic nitrogens is 1. The van der Waals surface area contributed by atoms with Gasteiger partial charge in [-0.1, -0.05) is 19.4 Å². The zero-order valence-electron chi connectivity index (χ0n) is 11.8. The van der Waals surface area contributed by atoms with Gasteiger partial charge in [-0.25, -0.2) is 0 Å². The van der Waals surface area contributed by atoms with Crippen molar-refractivity contribution in [2.24, 2.45) is 17.8 Å². The van der Waals surface area contributed by atoms with Gasteiger partial charge >= 0.3 is 0 Å². The molecule has 1 N–H and O–H groups in total. The van der Waals surface area contributed by atoms with E-state index in [4.69, 9.17) is 4.98 Å². The van der Waals surface area contributed by atoms with Crippen LogP contribution in [-0.2, 0) is 6.42 Å². The fraction of sp³-hybridized carbons (Fsp3) is 0.706. The third-order valence-corrected chi connectivity index (χ3v) is 5.76. The predicted molar refractivity (Wildman–Crippen MR) is 77.1 cm³/mol. The summed E-state index contributed by atoms with van der Waals surface area (Å²) in [4.78, 5) is 4.71. The summed E-state index contributed by atoms with van der Waals surface area (Å²) >= 11 is 0. The molecule has 0 saturated heterocycles. The fourth-order valence-corrected chi connectivity index (χ4v) is 4.99. The predicted octanol–water partition coefficient (Wildman–Crippen LogP) is 3.14. The molecule has 0 radical (unpaired) electrons. The van der Waals surface area contributed by atoms with E-state index >= 15 is 0 Å². The minimum atomic E-state index is 0.673. The van der Waals surface area contributed by atoms with E-state index in [1.54, 1.807) is 0 Å². The lowest BCUT2D eigenvalue weighted by molar-refractivity contribution is 0.351. The van der Waals surface area contributed by atoms with E-state index in [0.29, 0.717) is 12.0 Å². The van der Waals surface area contributed by atoms with Gasteiger partial charge in [0.1, 0.15) is 0 Å². The number of aryl methyl sites for hydroxylation is 1. The summed E-state index contributed by atoms with van der Waals surface area (Å²) in [6.45, 7) is 3.35. The average molecular weight is 256 g/mol. The summed E-state index contributed by atoms with van der Waals surface area (Å²) in [7, 11) is 0. The maximum absolute atomic E-state index is 4.71. The number of fused-ring (bicyclic) bond motifs is 2. The van der Waals surface area contributed by atoms with Crippen molar-refractivity contribution in [3.8, 4) is 0 Å². The lowest BCUT2D eigenvalue weighted by atomic mass is 9.89. The molecule has 0 aromatic carbocycles. The zero-order chi connectivity index (χ0) is 12.8. The quantitative estimate of drug-likeness (QED) is 0.895. The molecule has 1 aromatic heterocycles. The van der Waals surface area contributed by atoms with Crippen LogP contribution in [0.25, 0.3) is 0 Å². The van der Waals surface area contributed by atoms with Crippen LogP contribution in [0.3, 0.4) is 0 Å². The topological polar surface area (TPSA) is 24.9 Å². The monoisotopic (exact) mass is 256 g/mol. The van der Waals surface area contributed by atoms with Crippen LogP contribution in [0.2, 0.25) is 0 Å². The van der Waals surface area contributed by atoms with E-state index in [9.17, 15) is 0 Å². The van der Waals surface area contributed by atoms with Crippen molar-refractivity contribution in [3.05, 3.63) is 29.6 Å². The van der Waals surface area contributed by atoms with Gasteiger partial charge in [0, 0.05) is 23.9 Å². The Bertz CT molecular complexity index is 460. The van der Waals surface area contributed by atoms with Crippen molar-refractivity contribution in [3.63, 3.8) is 0 Å². The molecule has 3 aliphatic rings. The van der Waals surface area contributed by atoms with Crippen molar-refractivity contribution in [1.29, 1.82) is 0 Å². The summed E-state index contributed by atoms with van der Waals surface area (Å²) in [5.74, 6) is 3.70. The molecule has 4 atom stereocenters. The lowest BCUT2D eigenvalue weighted by Crippen LogP contribution is -2.37. The van der Waals surface area contributed by atoms with Crippen molar-refractivity contribution in [2.45, 2.75) is 51.0 Å². The molecule has 1 aromatic rings. The van der Waals surface area contributed by atoms with Gasteiger partial charge in [0.05, 0.1) is 0 Å². The summed E-state index contributed by atoms with van der Waals surface area (Å²) in [5, 5.41) is 3.82. The smallest absolute Gasteiger partial charge is 0.0482 e. The summed E-state index contributed by atoms with van der Waals surface area (Å²) in [5.41, 5.74) is 2.90. The molecule has 0 spiro atoms. The first kappa shape index (κ1) is 11.9. The highest BCUT2D eigenvalue weighted by atomic mass is 15.0. The summed E-state index contributed by atoms with van der Waals surface area (Å²) < 4.78 is 0. The highest BCUT2D eigenvalue weighted by Gasteiger charge is 2.57. The summed E-state index contributed by atoms with van der Waals surface area (Å²) in [6, 6.07) is 5.06. The van der Waals surface area contributed by atoms with Crippen LogP contribution in [0.4, 0.5) is 0 Å². The Morgan fingerprint density at radius 1 is 1.32 bits per heavy atom. The molecule has 4 unspecified atom stereocenters. The van der Waals surface area contributed by atoms with Gasteiger partial charge in [0.2, 0.25) is 0 Å². The van der Waals surface area contributed by atoms with Gasteiger partial charge in [0.15, 0.2) is 0 Å². The van der Waals surface area contributed by atoms with Crippen LogP contribution >= 0.6 is 0 Å². The van der Waals surface area contributed by atoms with Crippen LogP contribution in [-0.4, -0.2) is 17.6 Å². The molecule has 0 bridgehead atoms. The Morgan fingerprint density at radius 2 is 2.16 bits per heavy atom. The molecule has 2 nitrogen and oxygen atoms in total. The first-order valence-electron chi connectivity index (χ1n) is 8.07. The second kappa shape index (κ2) is 4.59. The van der Waals surface area contributed by atoms with E-state index in [1.165, 1.54) is 43.4 Å². The minimum Gasteiger partial charge on any atom is -0.313 e. The number of nitrogens with zero attached hydrogens (tertiary/aromatic N) is 1. The first-order valence-corrected chi connectivity index (χ1v) is 8.07. The van der Waals surface area contributed by atoms with E-state index in [0.717, 1.165) is 24.3 Å². The molecule has 2 heteroatoms. The Kier molecular flexibility index (Phi) is 2.87. The van der Waals surface area contributed by atoms with Gasteiger partial charge in [-0.05, 0) is 61.6 Å². The van der Waals surface area contributed by atoms with Gasteiger partial charge in [-0.3, -0.25) is 4.98 Å². The SMILES string of the molecule is CCNC(C1CCc2cccnc21)C1C2CCCC21. The minimum absolute atomic E-state index is 0.673. The molecule has 19 heavy (non-hydrogen) atoms. The molecule has 3 aliphatic carbocycles. The van der Waals surface area contributed by atoms with Gasteiger partial charge < -0.3 is 5.32 Å². The van der Waals surface area contributed by atoms with Crippen LogP contribution in [0, 0.1) is 17.8 Å². The van der Waals surface area contributed by atoms with Crippen LogP contribution in [0.15, 0.2) is 18.3 Å². The molecule has 1 heterocycles. The highest BCUT2D eigenvalue weighted by molar-refractivity contribution is 5.31. The number of hydrogen-bond acceptors (Lipinski definition) is 2. The lowest BCUT2D eigenvalue weighted by Gasteiger charge is -2.26. The molecule has 0 amide bonds. The van der Waals surface area contributed by atoms with E-state index in [2.05, 4.69) is 24.4 Å². The Labute approximate surface area is 116 Å². The van der Waals surface area contributed by atoms with Crippen molar-refractivity contribution in [1.82, 2.24) is 10.3 Å². The Balaban J connectivity index is 1.59. The summed E-state index contributed by atoms with van der Waals surface area (Å²) in [6.07, 6.45) is 8.97.